The van der Waals surface area contributed by atoms with E-state index in [0.29, 0.717) is 12.2 Å². The van der Waals surface area contributed by atoms with Crippen LogP contribution in [0.1, 0.15) is 11.1 Å². The van der Waals surface area contributed by atoms with E-state index in [2.05, 4.69) is 46.1 Å². The van der Waals surface area contributed by atoms with Crippen LogP contribution in [0.2, 0.25) is 0 Å². The predicted molar refractivity (Wildman–Crippen MR) is 87.1 cm³/mol. The predicted octanol–water partition coefficient (Wildman–Crippen LogP) is 3.83. The average molecular weight is 345 g/mol. The first-order valence-electron chi connectivity index (χ1n) is 6.74. The first kappa shape index (κ1) is 15.6. The Balaban J connectivity index is 1.77. The number of benzene rings is 2. The Morgan fingerprint density at radius 2 is 1.86 bits per heavy atom. The van der Waals surface area contributed by atoms with Gasteiger partial charge in [-0.05, 0) is 42.9 Å². The van der Waals surface area contributed by atoms with Gasteiger partial charge in [0.25, 0.3) is 0 Å². The molecule has 0 atom stereocenters. The van der Waals surface area contributed by atoms with Gasteiger partial charge in [-0.15, -0.1) is 0 Å². The van der Waals surface area contributed by atoms with Crippen LogP contribution in [0, 0.1) is 11.3 Å². The van der Waals surface area contributed by atoms with E-state index in [1.54, 1.807) is 12.1 Å². The van der Waals surface area contributed by atoms with E-state index in [-0.39, 0.29) is 0 Å². The fraction of sp³-hybridized carbons (Fsp3) is 0.235. The van der Waals surface area contributed by atoms with Crippen LogP contribution >= 0.6 is 15.9 Å². The molecule has 4 heteroatoms. The number of hydrogen-bond donors (Lipinski definition) is 0. The van der Waals surface area contributed by atoms with Crippen molar-refractivity contribution in [3.8, 4) is 11.8 Å². The summed E-state index contributed by atoms with van der Waals surface area (Å²) >= 11 is 3.56. The van der Waals surface area contributed by atoms with E-state index in [4.69, 9.17) is 10.00 Å². The normalized spacial score (nSPS) is 10.4. The second-order valence-corrected chi connectivity index (χ2v) is 5.67. The lowest BCUT2D eigenvalue weighted by molar-refractivity contribution is 0.232. The Labute approximate surface area is 133 Å². The van der Waals surface area contributed by atoms with Gasteiger partial charge < -0.3 is 4.74 Å². The number of nitrogens with zero attached hydrogens (tertiary/aromatic N) is 2. The molecule has 0 radical (unpaired) electrons. The number of rotatable bonds is 6. The van der Waals surface area contributed by atoms with Gasteiger partial charge >= 0.3 is 0 Å². The summed E-state index contributed by atoms with van der Waals surface area (Å²) in [5, 5.41) is 8.74. The van der Waals surface area contributed by atoms with E-state index in [1.807, 2.05) is 24.3 Å². The number of ether oxygens (including phenoxy) is 1. The highest BCUT2D eigenvalue weighted by atomic mass is 79.9. The van der Waals surface area contributed by atoms with Crippen molar-refractivity contribution in [1.82, 2.24) is 4.90 Å². The molecule has 0 N–H and O–H groups in total. The fourth-order valence-corrected chi connectivity index (χ4v) is 2.35. The first-order valence-corrected chi connectivity index (χ1v) is 7.53. The van der Waals surface area contributed by atoms with Crippen LogP contribution < -0.4 is 4.74 Å². The molecule has 2 rings (SSSR count). The first-order chi connectivity index (χ1) is 10.2. The number of halogens is 1. The minimum Gasteiger partial charge on any atom is -0.492 e. The van der Waals surface area contributed by atoms with Crippen LogP contribution in [0.5, 0.6) is 5.75 Å². The lowest BCUT2D eigenvalue weighted by atomic mass is 10.2. The van der Waals surface area contributed by atoms with Gasteiger partial charge in [0.1, 0.15) is 12.4 Å². The summed E-state index contributed by atoms with van der Waals surface area (Å²) < 4.78 is 6.81. The number of likely N-dealkylation sites (N-methyl/N-ethyl adjacent to an activating group) is 1. The number of nitriles is 1. The Hall–Kier alpha value is -1.83. The van der Waals surface area contributed by atoms with Gasteiger partial charge in [-0.25, -0.2) is 0 Å². The van der Waals surface area contributed by atoms with Crippen LogP contribution in [0.15, 0.2) is 53.0 Å². The monoisotopic (exact) mass is 344 g/mol. The molecule has 2 aromatic carbocycles. The third-order valence-corrected chi connectivity index (χ3v) is 3.90. The molecular formula is C17H17BrN2O. The zero-order valence-electron chi connectivity index (χ0n) is 11.9. The molecule has 0 unspecified atom stereocenters. The average Bonchev–Trinajstić information content (AvgIpc) is 2.50. The van der Waals surface area contributed by atoms with Crippen molar-refractivity contribution in [2.24, 2.45) is 0 Å². The molecule has 0 aliphatic carbocycles. The summed E-state index contributed by atoms with van der Waals surface area (Å²) in [5.41, 5.74) is 1.91. The largest absolute Gasteiger partial charge is 0.492 e. The Morgan fingerprint density at radius 1 is 1.14 bits per heavy atom. The van der Waals surface area contributed by atoms with Gasteiger partial charge in [-0.1, -0.05) is 34.1 Å². The third-order valence-electron chi connectivity index (χ3n) is 3.12. The van der Waals surface area contributed by atoms with Crippen LogP contribution in [0.25, 0.3) is 0 Å². The molecule has 0 saturated heterocycles. The van der Waals surface area contributed by atoms with Gasteiger partial charge in [0.2, 0.25) is 0 Å². The molecule has 0 saturated carbocycles. The molecule has 2 aromatic rings. The van der Waals surface area contributed by atoms with E-state index >= 15 is 0 Å². The molecule has 0 aliphatic heterocycles. The van der Waals surface area contributed by atoms with Crippen molar-refractivity contribution in [2.45, 2.75) is 6.54 Å². The van der Waals surface area contributed by atoms with Gasteiger partial charge in [0.05, 0.1) is 11.6 Å². The van der Waals surface area contributed by atoms with E-state index in [0.717, 1.165) is 23.3 Å². The molecule has 0 bridgehead atoms. The molecule has 108 valence electrons. The molecule has 0 amide bonds. The van der Waals surface area contributed by atoms with Crippen molar-refractivity contribution in [2.75, 3.05) is 20.2 Å². The highest BCUT2D eigenvalue weighted by molar-refractivity contribution is 9.10. The molecule has 0 spiro atoms. The molecular weight excluding hydrogens is 328 g/mol. The van der Waals surface area contributed by atoms with Crippen molar-refractivity contribution in [1.29, 1.82) is 5.26 Å². The fourth-order valence-electron chi connectivity index (χ4n) is 1.94. The summed E-state index contributed by atoms with van der Waals surface area (Å²) in [7, 11) is 2.07. The molecule has 0 fully saturated rings. The molecule has 0 heterocycles. The summed E-state index contributed by atoms with van der Waals surface area (Å²) in [6.45, 7) is 2.33. The zero-order chi connectivity index (χ0) is 15.1. The third kappa shape index (κ3) is 4.89. The standard InChI is InChI=1S/C17H17BrN2O/c1-20(13-15-4-2-3-5-17(15)18)10-11-21-16-8-6-14(12-19)7-9-16/h2-9H,10-11,13H2,1H3. The van der Waals surface area contributed by atoms with Crippen molar-refractivity contribution in [3.63, 3.8) is 0 Å². The van der Waals surface area contributed by atoms with Crippen LogP contribution in [-0.2, 0) is 6.54 Å². The smallest absolute Gasteiger partial charge is 0.119 e. The highest BCUT2D eigenvalue weighted by Gasteiger charge is 2.04. The minimum absolute atomic E-state index is 0.618. The summed E-state index contributed by atoms with van der Waals surface area (Å²) in [6, 6.07) is 17.5. The number of hydrogen-bond acceptors (Lipinski definition) is 3. The quantitative estimate of drug-likeness (QED) is 0.798. The maximum absolute atomic E-state index is 8.74. The maximum atomic E-state index is 8.74. The van der Waals surface area contributed by atoms with Crippen molar-refractivity contribution in [3.05, 3.63) is 64.1 Å². The van der Waals surface area contributed by atoms with Gasteiger partial charge in [-0.2, -0.15) is 5.26 Å². The Kier molecular flexibility index (Phi) is 5.79. The van der Waals surface area contributed by atoms with Crippen molar-refractivity contribution < 1.29 is 4.74 Å². The second kappa shape index (κ2) is 7.82. The minimum atomic E-state index is 0.618. The zero-order valence-corrected chi connectivity index (χ0v) is 13.5. The molecule has 0 aliphatic rings. The van der Waals surface area contributed by atoms with Gasteiger partial charge in [0.15, 0.2) is 0 Å². The summed E-state index contributed by atoms with van der Waals surface area (Å²) in [6.07, 6.45) is 0. The van der Waals surface area contributed by atoms with E-state index < -0.39 is 0 Å². The molecule has 0 aromatic heterocycles. The highest BCUT2D eigenvalue weighted by Crippen LogP contribution is 2.17. The topological polar surface area (TPSA) is 36.3 Å². The van der Waals surface area contributed by atoms with E-state index in [9.17, 15) is 0 Å². The van der Waals surface area contributed by atoms with Crippen LogP contribution in [0.4, 0.5) is 0 Å². The van der Waals surface area contributed by atoms with Gasteiger partial charge in [-0.3, -0.25) is 4.90 Å². The second-order valence-electron chi connectivity index (χ2n) is 4.81. The van der Waals surface area contributed by atoms with E-state index in [1.165, 1.54) is 5.56 Å². The van der Waals surface area contributed by atoms with Crippen molar-refractivity contribution >= 4 is 15.9 Å². The Bertz CT molecular complexity index is 619. The lowest BCUT2D eigenvalue weighted by Crippen LogP contribution is -2.24. The Morgan fingerprint density at radius 3 is 2.52 bits per heavy atom. The van der Waals surface area contributed by atoms with Gasteiger partial charge in [0, 0.05) is 17.6 Å². The molecule has 3 nitrogen and oxygen atoms in total. The summed E-state index contributed by atoms with van der Waals surface area (Å²) in [4.78, 5) is 2.21. The summed E-state index contributed by atoms with van der Waals surface area (Å²) in [5.74, 6) is 0.795. The lowest BCUT2D eigenvalue weighted by Gasteiger charge is -2.17. The molecule has 21 heavy (non-hydrogen) atoms. The SMILES string of the molecule is CN(CCOc1ccc(C#N)cc1)Cc1ccccc1Br. The van der Waals surface area contributed by atoms with Crippen LogP contribution in [0.3, 0.4) is 0 Å². The maximum Gasteiger partial charge on any atom is 0.119 e. The van der Waals surface area contributed by atoms with Crippen LogP contribution in [-0.4, -0.2) is 25.1 Å².